The van der Waals surface area contributed by atoms with Gasteiger partial charge in [0.05, 0.1) is 6.26 Å². The molecule has 18 heavy (non-hydrogen) atoms. The Morgan fingerprint density at radius 3 is 2.44 bits per heavy atom. The van der Waals surface area contributed by atoms with E-state index in [2.05, 4.69) is 19.7 Å². The molecule has 0 amide bonds. The van der Waals surface area contributed by atoms with Gasteiger partial charge in [0.15, 0.2) is 0 Å². The van der Waals surface area contributed by atoms with Gasteiger partial charge in [-0.3, -0.25) is 0 Å². The smallest absolute Gasteiger partial charge is 0.225 e. The second-order valence-corrected chi connectivity index (χ2v) is 5.19. The summed E-state index contributed by atoms with van der Waals surface area (Å²) in [6.45, 7) is 13.2. The Labute approximate surface area is 119 Å². The number of hydrogen-bond acceptors (Lipinski definition) is 3. The van der Waals surface area contributed by atoms with Crippen LogP contribution >= 0.6 is 24.0 Å². The molecular weight excluding hydrogens is 260 g/mol. The van der Waals surface area contributed by atoms with E-state index in [1.165, 1.54) is 11.8 Å². The molecular formula is C15H18OS2. The summed E-state index contributed by atoms with van der Waals surface area (Å²) in [6.07, 6.45) is 14.1. The molecule has 0 saturated heterocycles. The third kappa shape index (κ3) is 8.79. The minimum absolute atomic E-state index is 0.172. The van der Waals surface area contributed by atoms with E-state index in [1.54, 1.807) is 30.6 Å². The van der Waals surface area contributed by atoms with Crippen LogP contribution in [0.5, 0.6) is 0 Å². The van der Waals surface area contributed by atoms with E-state index in [0.717, 1.165) is 5.57 Å². The summed E-state index contributed by atoms with van der Waals surface area (Å²) in [5, 5.41) is 0.172. The van der Waals surface area contributed by atoms with Gasteiger partial charge in [0.1, 0.15) is 0 Å². The molecule has 0 bridgehead atoms. The van der Waals surface area contributed by atoms with Crippen LogP contribution in [-0.4, -0.2) is 9.63 Å². The first-order chi connectivity index (χ1) is 8.61. The van der Waals surface area contributed by atoms with Crippen molar-refractivity contribution in [2.45, 2.75) is 12.2 Å². The number of allylic oxidation sites excluding steroid dienone is 7. The van der Waals surface area contributed by atoms with Crippen LogP contribution in [0.25, 0.3) is 0 Å². The molecule has 1 atom stereocenters. The van der Waals surface area contributed by atoms with Gasteiger partial charge in [-0.25, -0.2) is 0 Å². The van der Waals surface area contributed by atoms with Crippen molar-refractivity contribution in [1.82, 2.24) is 0 Å². The maximum Gasteiger partial charge on any atom is 0.225 e. The van der Waals surface area contributed by atoms with Gasteiger partial charge in [0.25, 0.3) is 0 Å². The van der Waals surface area contributed by atoms with Crippen LogP contribution in [0.1, 0.15) is 6.92 Å². The Morgan fingerprint density at radius 2 is 1.83 bits per heavy atom. The van der Waals surface area contributed by atoms with Gasteiger partial charge in [-0.1, -0.05) is 68.0 Å². The average Bonchev–Trinajstić information content (AvgIpc) is 2.35. The number of rotatable bonds is 7. The summed E-state index contributed by atoms with van der Waals surface area (Å²) in [5.74, 6) is 0. The van der Waals surface area contributed by atoms with E-state index in [1.807, 2.05) is 25.2 Å². The van der Waals surface area contributed by atoms with Gasteiger partial charge in [-0.15, -0.1) is 0 Å². The van der Waals surface area contributed by atoms with Crippen molar-refractivity contribution >= 4 is 28.4 Å². The lowest BCUT2D eigenvalue weighted by atomic mass is 10.2. The Bertz CT molecular complexity index is 389. The minimum atomic E-state index is 0.172. The average molecular weight is 278 g/mol. The molecule has 1 nitrogen and oxygen atoms in total. The Kier molecular flexibility index (Phi) is 10.0. The maximum atomic E-state index is 5.26. The molecule has 3 heteroatoms. The predicted octanol–water partition coefficient (Wildman–Crippen LogP) is 4.96. The lowest BCUT2D eigenvalue weighted by Crippen LogP contribution is -2.03. The molecule has 0 spiro atoms. The standard InChI is InChI=1S/C15H18OS2/c1-5-7-9-10-12-16-15(17)18-14(4)13(3)11-8-6-2/h5-12,14H,1-3H2,4H3/b9-7-,11-8-,12-10+. The van der Waals surface area contributed by atoms with Gasteiger partial charge in [-0.2, -0.15) is 0 Å². The zero-order chi connectivity index (χ0) is 13.8. The van der Waals surface area contributed by atoms with E-state index in [0.29, 0.717) is 4.38 Å². The Morgan fingerprint density at radius 1 is 1.17 bits per heavy atom. The van der Waals surface area contributed by atoms with Gasteiger partial charge in [0, 0.05) is 5.25 Å². The normalized spacial score (nSPS) is 12.9. The van der Waals surface area contributed by atoms with Gasteiger partial charge >= 0.3 is 0 Å². The minimum Gasteiger partial charge on any atom is -0.447 e. The second kappa shape index (κ2) is 10.8. The maximum absolute atomic E-state index is 5.26. The first-order valence-electron chi connectivity index (χ1n) is 5.41. The molecule has 0 aromatic heterocycles. The fraction of sp³-hybridized carbons (Fsp3) is 0.133. The Hall–Kier alpha value is -1.32. The highest BCUT2D eigenvalue weighted by Gasteiger charge is 2.08. The molecule has 0 aliphatic heterocycles. The SMILES string of the molecule is C=C/C=C\C=C\OC(=S)SC(C)C(=C)/C=C\C=C. The quantitative estimate of drug-likeness (QED) is 0.370. The van der Waals surface area contributed by atoms with Gasteiger partial charge in [-0.05, 0) is 30.8 Å². The van der Waals surface area contributed by atoms with Crippen molar-refractivity contribution < 1.29 is 4.74 Å². The van der Waals surface area contributed by atoms with Crippen molar-refractivity contribution in [1.29, 1.82) is 0 Å². The first-order valence-corrected chi connectivity index (χ1v) is 6.70. The van der Waals surface area contributed by atoms with E-state index in [-0.39, 0.29) is 5.25 Å². The third-order valence-corrected chi connectivity index (χ3v) is 3.17. The van der Waals surface area contributed by atoms with Gasteiger partial charge < -0.3 is 4.74 Å². The molecule has 0 heterocycles. The van der Waals surface area contributed by atoms with Crippen LogP contribution in [0.2, 0.25) is 0 Å². The predicted molar refractivity (Wildman–Crippen MR) is 87.7 cm³/mol. The van der Waals surface area contributed by atoms with Crippen molar-refractivity contribution in [3.05, 3.63) is 74.1 Å². The second-order valence-electron chi connectivity index (χ2n) is 3.25. The molecule has 0 radical (unpaired) electrons. The molecule has 0 N–H and O–H groups in total. The zero-order valence-corrected chi connectivity index (χ0v) is 12.2. The van der Waals surface area contributed by atoms with Gasteiger partial charge in [0.2, 0.25) is 4.38 Å². The highest BCUT2D eigenvalue weighted by atomic mass is 32.2. The molecule has 0 saturated carbocycles. The number of thioether (sulfide) groups is 1. The molecule has 0 aromatic rings. The van der Waals surface area contributed by atoms with Crippen LogP contribution < -0.4 is 0 Å². The highest BCUT2D eigenvalue weighted by Crippen LogP contribution is 2.21. The van der Waals surface area contributed by atoms with Crippen molar-refractivity contribution in [2.24, 2.45) is 0 Å². The largest absolute Gasteiger partial charge is 0.447 e. The molecule has 96 valence electrons. The highest BCUT2D eigenvalue weighted by molar-refractivity contribution is 8.23. The monoisotopic (exact) mass is 278 g/mol. The molecule has 0 aromatic carbocycles. The summed E-state index contributed by atoms with van der Waals surface area (Å²) < 4.78 is 5.73. The lowest BCUT2D eigenvalue weighted by molar-refractivity contribution is 0.498. The summed E-state index contributed by atoms with van der Waals surface area (Å²) in [5.41, 5.74) is 0.974. The fourth-order valence-electron chi connectivity index (χ4n) is 0.858. The first kappa shape index (κ1) is 16.7. The topological polar surface area (TPSA) is 9.23 Å². The van der Waals surface area contributed by atoms with Crippen molar-refractivity contribution in [2.75, 3.05) is 0 Å². The molecule has 1 unspecified atom stereocenters. The summed E-state index contributed by atoms with van der Waals surface area (Å²) >= 11 is 6.55. The number of thiocarbonyl (C=S) groups is 1. The fourth-order valence-corrected chi connectivity index (χ4v) is 1.98. The van der Waals surface area contributed by atoms with Crippen LogP contribution in [0.4, 0.5) is 0 Å². The summed E-state index contributed by atoms with van der Waals surface area (Å²) in [6, 6.07) is 0. The molecule has 0 aliphatic carbocycles. The third-order valence-electron chi connectivity index (χ3n) is 1.84. The summed E-state index contributed by atoms with van der Waals surface area (Å²) in [7, 11) is 0. The lowest BCUT2D eigenvalue weighted by Gasteiger charge is -2.10. The van der Waals surface area contributed by atoms with Crippen LogP contribution in [-0.2, 0) is 4.74 Å². The molecule has 0 rings (SSSR count). The van der Waals surface area contributed by atoms with E-state index in [9.17, 15) is 0 Å². The van der Waals surface area contributed by atoms with E-state index >= 15 is 0 Å². The van der Waals surface area contributed by atoms with Crippen molar-refractivity contribution in [3.63, 3.8) is 0 Å². The number of ether oxygens (including phenoxy) is 1. The molecule has 0 fully saturated rings. The van der Waals surface area contributed by atoms with E-state index in [4.69, 9.17) is 17.0 Å². The van der Waals surface area contributed by atoms with Crippen LogP contribution in [0.15, 0.2) is 74.1 Å². The van der Waals surface area contributed by atoms with Crippen molar-refractivity contribution in [3.8, 4) is 0 Å². The zero-order valence-electron chi connectivity index (χ0n) is 10.5. The molecule has 0 aliphatic rings. The van der Waals surface area contributed by atoms with Crippen LogP contribution in [0, 0.1) is 0 Å². The number of hydrogen-bond donors (Lipinski definition) is 0. The summed E-state index contributed by atoms with van der Waals surface area (Å²) in [4.78, 5) is 0. The van der Waals surface area contributed by atoms with Crippen LogP contribution in [0.3, 0.4) is 0 Å². The Balaban J connectivity index is 4.08. The van der Waals surface area contributed by atoms with E-state index < -0.39 is 0 Å².